The lowest BCUT2D eigenvalue weighted by atomic mass is 10.0. The van der Waals surface area contributed by atoms with Crippen LogP contribution >= 0.6 is 11.6 Å². The van der Waals surface area contributed by atoms with E-state index in [0.29, 0.717) is 48.1 Å². The van der Waals surface area contributed by atoms with Gasteiger partial charge in [-0.25, -0.2) is 9.48 Å². The number of ether oxygens (including phenoxy) is 1. The highest BCUT2D eigenvalue weighted by Crippen LogP contribution is 2.29. The molecule has 1 saturated heterocycles. The molecular weight excluding hydrogens is 502 g/mol. The van der Waals surface area contributed by atoms with Crippen LogP contribution in [-0.4, -0.2) is 50.3 Å². The normalized spacial score (nSPS) is 14.2. The zero-order valence-electron chi connectivity index (χ0n) is 20.8. The van der Waals surface area contributed by atoms with Crippen molar-refractivity contribution < 1.29 is 9.53 Å². The molecule has 1 N–H and O–H groups in total. The number of fused-ring (bicyclic) bond motifs is 1. The number of aromatic amines is 1. The van der Waals surface area contributed by atoms with Gasteiger partial charge in [0.2, 0.25) is 0 Å². The summed E-state index contributed by atoms with van der Waals surface area (Å²) in [5.74, 6) is 0.609. The highest BCUT2D eigenvalue weighted by atomic mass is 35.5. The highest BCUT2D eigenvalue weighted by Gasteiger charge is 2.29. The molecule has 0 saturated carbocycles. The fourth-order valence-corrected chi connectivity index (χ4v) is 5.29. The first kappa shape index (κ1) is 24.1. The molecular formula is C29H26ClN5O3. The van der Waals surface area contributed by atoms with Gasteiger partial charge in [0.05, 0.1) is 29.5 Å². The number of nitrogens with zero attached hydrogens (tertiary/aromatic N) is 4. The van der Waals surface area contributed by atoms with Crippen LogP contribution in [0.4, 0.5) is 0 Å². The largest absolute Gasteiger partial charge is 0.497 e. The van der Waals surface area contributed by atoms with Crippen LogP contribution in [0.2, 0.25) is 5.02 Å². The molecule has 2 aromatic heterocycles. The summed E-state index contributed by atoms with van der Waals surface area (Å²) in [4.78, 5) is 31.3. The number of H-pyrrole nitrogens is 1. The Kier molecular flexibility index (Phi) is 6.25. The number of benzene rings is 3. The molecule has 38 heavy (non-hydrogen) atoms. The molecule has 0 bridgehead atoms. The van der Waals surface area contributed by atoms with Crippen molar-refractivity contribution in [2.75, 3.05) is 20.2 Å². The fourth-order valence-electron chi connectivity index (χ4n) is 5.16. The molecule has 1 fully saturated rings. The fraction of sp³-hybridized carbons (Fsp3) is 0.207. The Balaban J connectivity index is 1.30. The van der Waals surface area contributed by atoms with Gasteiger partial charge in [-0.3, -0.25) is 9.36 Å². The first-order chi connectivity index (χ1) is 18.5. The smallest absolute Gasteiger partial charge is 0.326 e. The second-order valence-corrected chi connectivity index (χ2v) is 9.81. The Hall–Kier alpha value is -4.30. The maximum Gasteiger partial charge on any atom is 0.326 e. The van der Waals surface area contributed by atoms with Gasteiger partial charge in [0.1, 0.15) is 11.4 Å². The standard InChI is InChI=1S/C29H26ClN5O3/c1-38-23-6-4-5-19(17-23)25-18-27(35(32-25)22-11-9-20(30)10-12-22)28(36)33-15-13-21(14-16-33)34-26-8-3-2-7-24(26)31-29(34)37/h2-12,17-18,21H,13-16H2,1H3,(H,31,37). The number of nitrogens with one attached hydrogen (secondary N) is 1. The van der Waals surface area contributed by atoms with Gasteiger partial charge < -0.3 is 14.6 Å². The van der Waals surface area contributed by atoms with Crippen molar-refractivity contribution in [1.29, 1.82) is 0 Å². The minimum Gasteiger partial charge on any atom is -0.497 e. The van der Waals surface area contributed by atoms with Crippen LogP contribution in [0.25, 0.3) is 28.0 Å². The Morgan fingerprint density at radius 2 is 1.76 bits per heavy atom. The first-order valence-electron chi connectivity index (χ1n) is 12.5. The van der Waals surface area contributed by atoms with Crippen molar-refractivity contribution in [3.05, 3.63) is 100 Å². The molecule has 1 amide bonds. The van der Waals surface area contributed by atoms with Crippen LogP contribution in [0.15, 0.2) is 83.7 Å². The van der Waals surface area contributed by atoms with Crippen LogP contribution in [0, 0.1) is 0 Å². The molecule has 3 heterocycles. The molecule has 0 atom stereocenters. The first-order valence-corrected chi connectivity index (χ1v) is 12.9. The summed E-state index contributed by atoms with van der Waals surface area (Å²) in [5.41, 5.74) is 4.34. The molecule has 8 nitrogen and oxygen atoms in total. The molecule has 1 aliphatic rings. The average Bonchev–Trinajstić information content (AvgIpc) is 3.54. The summed E-state index contributed by atoms with van der Waals surface area (Å²) < 4.78 is 8.88. The molecule has 1 aliphatic heterocycles. The monoisotopic (exact) mass is 527 g/mol. The number of amides is 1. The second kappa shape index (κ2) is 9.87. The average molecular weight is 528 g/mol. The number of para-hydroxylation sites is 2. The van der Waals surface area contributed by atoms with Crippen molar-refractivity contribution in [3.8, 4) is 22.7 Å². The maximum absolute atomic E-state index is 13.8. The lowest BCUT2D eigenvalue weighted by Crippen LogP contribution is -2.41. The van der Waals surface area contributed by atoms with Gasteiger partial charge in [0.25, 0.3) is 5.91 Å². The van der Waals surface area contributed by atoms with E-state index in [4.69, 9.17) is 21.4 Å². The summed E-state index contributed by atoms with van der Waals surface area (Å²) in [5, 5.41) is 5.40. The minimum absolute atomic E-state index is 0.0243. The lowest BCUT2D eigenvalue weighted by Gasteiger charge is -2.32. The van der Waals surface area contributed by atoms with E-state index < -0.39 is 0 Å². The van der Waals surface area contributed by atoms with Gasteiger partial charge in [-0.15, -0.1) is 0 Å². The van der Waals surface area contributed by atoms with E-state index in [2.05, 4.69) is 4.98 Å². The molecule has 9 heteroatoms. The van der Waals surface area contributed by atoms with Crippen LogP contribution in [-0.2, 0) is 0 Å². The van der Waals surface area contributed by atoms with Crippen molar-refractivity contribution in [3.63, 3.8) is 0 Å². The summed E-state index contributed by atoms with van der Waals surface area (Å²) in [6.07, 6.45) is 1.37. The van der Waals surface area contributed by atoms with Crippen LogP contribution in [0.1, 0.15) is 29.4 Å². The molecule has 0 aliphatic carbocycles. The van der Waals surface area contributed by atoms with Crippen molar-refractivity contribution in [1.82, 2.24) is 24.2 Å². The van der Waals surface area contributed by atoms with E-state index in [-0.39, 0.29) is 17.6 Å². The molecule has 192 valence electrons. The predicted molar refractivity (Wildman–Crippen MR) is 147 cm³/mol. The topological polar surface area (TPSA) is 85.1 Å². The number of hydrogen-bond donors (Lipinski definition) is 1. The van der Waals surface area contributed by atoms with Gasteiger partial charge in [0, 0.05) is 29.7 Å². The Morgan fingerprint density at radius 3 is 2.53 bits per heavy atom. The number of carbonyl (C=O) groups excluding carboxylic acids is 1. The van der Waals surface area contributed by atoms with Gasteiger partial charge in [0.15, 0.2) is 0 Å². The number of likely N-dealkylation sites (tertiary alicyclic amines) is 1. The van der Waals surface area contributed by atoms with Gasteiger partial charge in [-0.05, 0) is 67.4 Å². The predicted octanol–water partition coefficient (Wildman–Crippen LogP) is 5.32. The van der Waals surface area contributed by atoms with Crippen molar-refractivity contribution in [2.45, 2.75) is 18.9 Å². The summed E-state index contributed by atoms with van der Waals surface area (Å²) in [6, 6.07) is 24.4. The van der Waals surface area contributed by atoms with Crippen molar-refractivity contribution in [2.24, 2.45) is 0 Å². The Morgan fingerprint density at radius 1 is 1.00 bits per heavy atom. The Labute approximate surface area is 224 Å². The van der Waals surface area contributed by atoms with Crippen LogP contribution < -0.4 is 10.4 Å². The number of methoxy groups -OCH3 is 1. The van der Waals surface area contributed by atoms with Crippen LogP contribution in [0.3, 0.4) is 0 Å². The van der Waals surface area contributed by atoms with E-state index in [1.807, 2.05) is 76.2 Å². The maximum atomic E-state index is 13.8. The van der Waals surface area contributed by atoms with Crippen LogP contribution in [0.5, 0.6) is 5.75 Å². The summed E-state index contributed by atoms with van der Waals surface area (Å²) in [7, 11) is 1.62. The SMILES string of the molecule is COc1cccc(-c2cc(C(=O)N3CCC(n4c(=O)[nH]c5ccccc54)CC3)n(-c3ccc(Cl)cc3)n2)c1. The van der Waals surface area contributed by atoms with E-state index in [1.165, 1.54) is 0 Å². The summed E-state index contributed by atoms with van der Waals surface area (Å²) in [6.45, 7) is 1.07. The third kappa shape index (κ3) is 4.37. The van der Waals surface area contributed by atoms with E-state index >= 15 is 0 Å². The van der Waals surface area contributed by atoms with Gasteiger partial charge in [-0.1, -0.05) is 35.9 Å². The molecule has 0 radical (unpaired) electrons. The van der Waals surface area contributed by atoms with Gasteiger partial charge in [-0.2, -0.15) is 5.10 Å². The molecule has 6 rings (SSSR count). The number of hydrogen-bond acceptors (Lipinski definition) is 4. The van der Waals surface area contributed by atoms with E-state index in [0.717, 1.165) is 22.3 Å². The number of aromatic nitrogens is 4. The highest BCUT2D eigenvalue weighted by molar-refractivity contribution is 6.30. The molecule has 0 unspecified atom stereocenters. The number of halogens is 1. The lowest BCUT2D eigenvalue weighted by molar-refractivity contribution is 0.0685. The number of imidazole rings is 1. The quantitative estimate of drug-likeness (QED) is 0.335. The van der Waals surface area contributed by atoms with E-state index in [1.54, 1.807) is 23.9 Å². The summed E-state index contributed by atoms with van der Waals surface area (Å²) >= 11 is 6.12. The number of rotatable bonds is 5. The number of piperidine rings is 1. The number of carbonyl (C=O) groups is 1. The third-order valence-corrected chi connectivity index (χ3v) is 7.36. The Bertz CT molecular complexity index is 1680. The third-order valence-electron chi connectivity index (χ3n) is 7.11. The zero-order valence-corrected chi connectivity index (χ0v) is 21.6. The van der Waals surface area contributed by atoms with Gasteiger partial charge >= 0.3 is 5.69 Å². The second-order valence-electron chi connectivity index (χ2n) is 9.38. The molecule has 0 spiro atoms. The van der Waals surface area contributed by atoms with Crippen molar-refractivity contribution >= 4 is 28.5 Å². The minimum atomic E-state index is -0.111. The molecule has 5 aromatic rings. The van der Waals surface area contributed by atoms with E-state index in [9.17, 15) is 9.59 Å². The molecule has 3 aromatic carbocycles. The zero-order chi connectivity index (χ0) is 26.2.